The first-order chi connectivity index (χ1) is 14.7. The van der Waals surface area contributed by atoms with Crippen LogP contribution in [0, 0.1) is 0 Å². The summed E-state index contributed by atoms with van der Waals surface area (Å²) in [6, 6.07) is 11.8. The van der Waals surface area contributed by atoms with E-state index in [1.807, 2.05) is 36.7 Å². The summed E-state index contributed by atoms with van der Waals surface area (Å²) in [4.78, 5) is 19.0. The first kappa shape index (κ1) is 20.8. The van der Waals surface area contributed by atoms with Gasteiger partial charge in [0, 0.05) is 44.1 Å². The van der Waals surface area contributed by atoms with Crippen molar-refractivity contribution in [3.8, 4) is 5.75 Å². The molecule has 1 atom stereocenters. The van der Waals surface area contributed by atoms with Crippen molar-refractivity contribution < 1.29 is 14.3 Å². The lowest BCUT2D eigenvalue weighted by Gasteiger charge is -2.39. The summed E-state index contributed by atoms with van der Waals surface area (Å²) < 4.78 is 11.8. The molecular weight excluding hydrogens is 378 g/mol. The van der Waals surface area contributed by atoms with E-state index in [2.05, 4.69) is 27.3 Å². The second-order valence-corrected chi connectivity index (χ2v) is 8.39. The third-order valence-corrected chi connectivity index (χ3v) is 6.33. The number of carbonyl (C=O) groups excluding carboxylic acids is 1. The predicted molar refractivity (Wildman–Crippen MR) is 115 cm³/mol. The Hall–Kier alpha value is -2.44. The standard InChI is InChI=1S/C24H31N3O3/c1-29-22-5-3-2-4-20(22)16-23(28)26-17-21-6-9-24(30-21)10-14-27(15-11-24)18-19-7-12-25-13-8-19/h2-5,7-8,12-13,21H,6,9-11,14-18H2,1H3,(H,26,28). The minimum atomic E-state index is -0.00715. The van der Waals surface area contributed by atoms with E-state index in [0.29, 0.717) is 13.0 Å². The summed E-state index contributed by atoms with van der Waals surface area (Å²) in [6.07, 6.45) is 8.36. The molecule has 1 aromatic heterocycles. The van der Waals surface area contributed by atoms with Gasteiger partial charge in [0.1, 0.15) is 5.75 Å². The van der Waals surface area contributed by atoms with Crippen molar-refractivity contribution in [2.24, 2.45) is 0 Å². The number of aromatic nitrogens is 1. The zero-order chi connectivity index (χ0) is 20.8. The van der Waals surface area contributed by atoms with Crippen molar-refractivity contribution in [2.45, 2.75) is 50.4 Å². The van der Waals surface area contributed by atoms with E-state index < -0.39 is 0 Å². The molecule has 4 rings (SSSR count). The van der Waals surface area contributed by atoms with Gasteiger partial charge in [0.05, 0.1) is 25.2 Å². The number of hydrogen-bond acceptors (Lipinski definition) is 5. The Balaban J connectivity index is 1.21. The summed E-state index contributed by atoms with van der Waals surface area (Å²) in [7, 11) is 1.63. The van der Waals surface area contributed by atoms with Gasteiger partial charge in [0.25, 0.3) is 0 Å². The number of ether oxygens (including phenoxy) is 2. The van der Waals surface area contributed by atoms with Crippen LogP contribution < -0.4 is 10.1 Å². The van der Waals surface area contributed by atoms with Crippen molar-refractivity contribution in [3.63, 3.8) is 0 Å². The molecule has 0 aliphatic carbocycles. The Bertz CT molecular complexity index is 835. The predicted octanol–water partition coefficient (Wildman–Crippen LogP) is 2.96. The monoisotopic (exact) mass is 409 g/mol. The molecule has 2 aliphatic heterocycles. The lowest BCUT2D eigenvalue weighted by atomic mass is 9.88. The normalized spacial score (nSPS) is 20.9. The second-order valence-electron chi connectivity index (χ2n) is 8.39. The molecule has 30 heavy (non-hydrogen) atoms. The number of benzene rings is 1. The first-order valence-electron chi connectivity index (χ1n) is 10.8. The second kappa shape index (κ2) is 9.58. The van der Waals surface area contributed by atoms with Crippen LogP contribution >= 0.6 is 0 Å². The van der Waals surface area contributed by atoms with Crippen LogP contribution in [0.1, 0.15) is 36.8 Å². The van der Waals surface area contributed by atoms with Crippen molar-refractivity contribution in [1.82, 2.24) is 15.2 Å². The van der Waals surface area contributed by atoms with E-state index >= 15 is 0 Å². The molecule has 0 saturated carbocycles. The number of hydrogen-bond donors (Lipinski definition) is 1. The molecule has 2 aromatic rings. The highest BCUT2D eigenvalue weighted by Crippen LogP contribution is 2.39. The Kier molecular flexibility index (Phi) is 6.65. The van der Waals surface area contributed by atoms with Gasteiger partial charge in [-0.3, -0.25) is 14.7 Å². The summed E-state index contributed by atoms with van der Waals surface area (Å²) in [5.74, 6) is 0.762. The number of carbonyl (C=O) groups is 1. The smallest absolute Gasteiger partial charge is 0.224 e. The van der Waals surface area contributed by atoms with Crippen LogP contribution in [0.15, 0.2) is 48.8 Å². The van der Waals surface area contributed by atoms with Crippen LogP contribution in [0.2, 0.25) is 0 Å². The molecule has 160 valence electrons. The molecule has 1 unspecified atom stereocenters. The highest BCUT2D eigenvalue weighted by atomic mass is 16.5. The number of pyridine rings is 1. The molecular formula is C24H31N3O3. The van der Waals surface area contributed by atoms with E-state index in [1.54, 1.807) is 7.11 Å². The summed E-state index contributed by atoms with van der Waals surface area (Å²) in [5, 5.41) is 3.05. The van der Waals surface area contributed by atoms with Crippen LogP contribution in [0.25, 0.3) is 0 Å². The average Bonchev–Trinajstić information content (AvgIpc) is 3.18. The molecule has 6 heteroatoms. The number of likely N-dealkylation sites (tertiary alicyclic amines) is 1. The number of para-hydroxylation sites is 1. The summed E-state index contributed by atoms with van der Waals surface area (Å²) in [5.41, 5.74) is 2.21. The number of nitrogens with one attached hydrogen (secondary N) is 1. The third kappa shape index (κ3) is 5.18. The largest absolute Gasteiger partial charge is 0.496 e. The number of rotatable bonds is 7. The van der Waals surface area contributed by atoms with Gasteiger partial charge < -0.3 is 14.8 Å². The van der Waals surface area contributed by atoms with Crippen molar-refractivity contribution in [3.05, 3.63) is 59.9 Å². The van der Waals surface area contributed by atoms with E-state index in [9.17, 15) is 4.79 Å². The van der Waals surface area contributed by atoms with E-state index in [1.165, 1.54) is 5.56 Å². The van der Waals surface area contributed by atoms with Crippen LogP contribution in [0.5, 0.6) is 5.75 Å². The first-order valence-corrected chi connectivity index (χ1v) is 10.8. The van der Waals surface area contributed by atoms with Gasteiger partial charge in [0.15, 0.2) is 0 Å². The van der Waals surface area contributed by atoms with Gasteiger partial charge in [-0.1, -0.05) is 18.2 Å². The van der Waals surface area contributed by atoms with Gasteiger partial charge in [-0.2, -0.15) is 0 Å². The zero-order valence-corrected chi connectivity index (χ0v) is 17.7. The SMILES string of the molecule is COc1ccccc1CC(=O)NCC1CCC2(CCN(Cc3ccncc3)CC2)O1. The van der Waals surface area contributed by atoms with E-state index in [4.69, 9.17) is 9.47 Å². The van der Waals surface area contributed by atoms with E-state index in [-0.39, 0.29) is 17.6 Å². The molecule has 0 radical (unpaired) electrons. The quantitative estimate of drug-likeness (QED) is 0.762. The Morgan fingerprint density at radius 1 is 1.20 bits per heavy atom. The Morgan fingerprint density at radius 3 is 2.73 bits per heavy atom. The Labute approximate surface area is 178 Å². The molecule has 1 aromatic carbocycles. The summed E-state index contributed by atoms with van der Waals surface area (Å²) >= 11 is 0. The highest BCUT2D eigenvalue weighted by Gasteiger charge is 2.42. The van der Waals surface area contributed by atoms with Crippen LogP contribution in [0.4, 0.5) is 0 Å². The molecule has 1 spiro atoms. The zero-order valence-electron chi connectivity index (χ0n) is 17.7. The van der Waals surface area contributed by atoms with Gasteiger partial charge >= 0.3 is 0 Å². The summed E-state index contributed by atoms with van der Waals surface area (Å²) in [6.45, 7) is 3.65. The number of piperidine rings is 1. The van der Waals surface area contributed by atoms with Crippen LogP contribution in [-0.4, -0.2) is 54.2 Å². The molecule has 3 heterocycles. The maximum atomic E-state index is 12.4. The van der Waals surface area contributed by atoms with Crippen LogP contribution in [0.3, 0.4) is 0 Å². The lowest BCUT2D eigenvalue weighted by Crippen LogP contribution is -2.45. The van der Waals surface area contributed by atoms with Gasteiger partial charge in [-0.05, 0) is 49.4 Å². The minimum Gasteiger partial charge on any atom is -0.496 e. The number of nitrogens with zero attached hydrogens (tertiary/aromatic N) is 2. The van der Waals surface area contributed by atoms with Crippen LogP contribution in [-0.2, 0) is 22.5 Å². The molecule has 0 bridgehead atoms. The lowest BCUT2D eigenvalue weighted by molar-refractivity contribution is -0.122. The van der Waals surface area contributed by atoms with Gasteiger partial charge in [-0.25, -0.2) is 0 Å². The third-order valence-electron chi connectivity index (χ3n) is 6.33. The van der Waals surface area contributed by atoms with Crippen molar-refractivity contribution >= 4 is 5.91 Å². The van der Waals surface area contributed by atoms with Crippen molar-refractivity contribution in [1.29, 1.82) is 0 Å². The minimum absolute atomic E-state index is 0.00715. The fourth-order valence-corrected chi connectivity index (χ4v) is 4.58. The maximum Gasteiger partial charge on any atom is 0.224 e. The molecule has 2 saturated heterocycles. The number of amides is 1. The molecule has 6 nitrogen and oxygen atoms in total. The molecule has 2 aliphatic rings. The maximum absolute atomic E-state index is 12.4. The molecule has 2 fully saturated rings. The van der Waals surface area contributed by atoms with Crippen molar-refractivity contribution in [2.75, 3.05) is 26.7 Å². The van der Waals surface area contributed by atoms with Gasteiger partial charge in [-0.15, -0.1) is 0 Å². The van der Waals surface area contributed by atoms with E-state index in [0.717, 1.165) is 56.6 Å². The average molecular weight is 410 g/mol. The number of methoxy groups -OCH3 is 1. The highest BCUT2D eigenvalue weighted by molar-refractivity contribution is 5.79. The molecule has 1 amide bonds. The fraction of sp³-hybridized carbons (Fsp3) is 0.500. The Morgan fingerprint density at radius 2 is 1.97 bits per heavy atom. The topological polar surface area (TPSA) is 63.7 Å². The van der Waals surface area contributed by atoms with Gasteiger partial charge in [0.2, 0.25) is 5.91 Å². The molecule has 1 N–H and O–H groups in total. The fourth-order valence-electron chi connectivity index (χ4n) is 4.58.